The van der Waals surface area contributed by atoms with Crippen LogP contribution < -0.4 is 5.32 Å². The first-order chi connectivity index (χ1) is 7.90. The van der Waals surface area contributed by atoms with Crippen LogP contribution in [0.15, 0.2) is 17.5 Å². The third kappa shape index (κ3) is 5.41. The number of hydrogen-bond donors (Lipinski definition) is 1. The van der Waals surface area contributed by atoms with Gasteiger partial charge in [-0.05, 0) is 32.2 Å². The van der Waals surface area contributed by atoms with Crippen molar-refractivity contribution in [3.8, 4) is 12.3 Å². The molecule has 0 saturated heterocycles. The molecule has 0 fully saturated rings. The van der Waals surface area contributed by atoms with Gasteiger partial charge < -0.3 is 10.1 Å². The summed E-state index contributed by atoms with van der Waals surface area (Å²) in [4.78, 5) is 12.7. The number of alkyl carbamates (subject to hydrolysis) is 1. The van der Waals surface area contributed by atoms with E-state index < -0.39 is 11.7 Å². The minimum Gasteiger partial charge on any atom is -0.444 e. The van der Waals surface area contributed by atoms with Crippen LogP contribution in [0.4, 0.5) is 4.79 Å². The fourth-order valence-corrected chi connectivity index (χ4v) is 1.98. The fourth-order valence-electron chi connectivity index (χ4n) is 1.23. The van der Waals surface area contributed by atoms with Crippen molar-refractivity contribution in [1.29, 1.82) is 0 Å². The summed E-state index contributed by atoms with van der Waals surface area (Å²) in [5, 5.41) is 4.65. The van der Waals surface area contributed by atoms with E-state index in [0.717, 1.165) is 4.88 Å². The van der Waals surface area contributed by atoms with E-state index in [1.54, 1.807) is 11.3 Å². The van der Waals surface area contributed by atoms with E-state index >= 15 is 0 Å². The number of carbonyl (C=O) groups is 1. The Hall–Kier alpha value is -1.47. The molecule has 0 aliphatic carbocycles. The Morgan fingerprint density at radius 3 is 2.82 bits per heavy atom. The first-order valence-electron chi connectivity index (χ1n) is 5.39. The Morgan fingerprint density at radius 1 is 1.65 bits per heavy atom. The topological polar surface area (TPSA) is 38.3 Å². The predicted molar refractivity (Wildman–Crippen MR) is 70.0 cm³/mol. The Labute approximate surface area is 106 Å². The molecule has 4 heteroatoms. The lowest BCUT2D eigenvalue weighted by molar-refractivity contribution is 0.0516. The highest BCUT2D eigenvalue weighted by Crippen LogP contribution is 2.12. The monoisotopic (exact) mass is 251 g/mol. The normalized spacial score (nSPS) is 12.6. The lowest BCUT2D eigenvalue weighted by atomic mass is 10.2. The number of ether oxygens (including phenoxy) is 1. The molecule has 0 saturated carbocycles. The second kappa shape index (κ2) is 5.74. The summed E-state index contributed by atoms with van der Waals surface area (Å²) in [7, 11) is 0. The van der Waals surface area contributed by atoms with Crippen LogP contribution in [0, 0.1) is 12.3 Å². The molecule has 1 aromatic heterocycles. The van der Waals surface area contributed by atoms with E-state index in [9.17, 15) is 4.79 Å². The van der Waals surface area contributed by atoms with E-state index in [4.69, 9.17) is 11.2 Å². The maximum atomic E-state index is 11.5. The van der Waals surface area contributed by atoms with Gasteiger partial charge >= 0.3 is 6.09 Å². The van der Waals surface area contributed by atoms with Crippen molar-refractivity contribution in [3.05, 3.63) is 22.4 Å². The van der Waals surface area contributed by atoms with Crippen LogP contribution in [0.1, 0.15) is 25.6 Å². The third-order valence-corrected chi connectivity index (χ3v) is 2.78. The van der Waals surface area contributed by atoms with Crippen LogP contribution in [-0.2, 0) is 11.2 Å². The van der Waals surface area contributed by atoms with Gasteiger partial charge in [0.05, 0.1) is 6.04 Å². The van der Waals surface area contributed by atoms with Gasteiger partial charge in [-0.2, -0.15) is 0 Å². The molecule has 0 spiro atoms. The maximum absolute atomic E-state index is 11.5. The van der Waals surface area contributed by atoms with Crippen LogP contribution in [-0.4, -0.2) is 17.7 Å². The SMILES string of the molecule is C#C[C@H](Cc1cccs1)NC(=O)OC(C)(C)C. The molecule has 0 unspecified atom stereocenters. The number of amides is 1. The van der Waals surface area contributed by atoms with Crippen molar-refractivity contribution in [3.63, 3.8) is 0 Å². The summed E-state index contributed by atoms with van der Waals surface area (Å²) in [6.45, 7) is 5.45. The molecule has 1 amide bonds. The summed E-state index contributed by atoms with van der Waals surface area (Å²) in [6, 6.07) is 3.62. The lowest BCUT2D eigenvalue weighted by Crippen LogP contribution is -2.39. The number of hydrogen-bond acceptors (Lipinski definition) is 3. The number of terminal acetylenes is 1. The second-order valence-electron chi connectivity index (χ2n) is 4.65. The zero-order valence-electron chi connectivity index (χ0n) is 10.3. The van der Waals surface area contributed by atoms with Crippen LogP contribution >= 0.6 is 11.3 Å². The lowest BCUT2D eigenvalue weighted by Gasteiger charge is -2.21. The molecular formula is C13H17NO2S. The molecule has 92 valence electrons. The van der Waals surface area contributed by atoms with Crippen molar-refractivity contribution in [1.82, 2.24) is 5.32 Å². The third-order valence-electron chi connectivity index (χ3n) is 1.88. The summed E-state index contributed by atoms with van der Waals surface area (Å²) in [6.07, 6.45) is 5.54. The molecule has 1 atom stereocenters. The summed E-state index contributed by atoms with van der Waals surface area (Å²) < 4.78 is 5.15. The number of nitrogens with one attached hydrogen (secondary N) is 1. The Bertz CT molecular complexity index is 398. The fraction of sp³-hybridized carbons (Fsp3) is 0.462. The van der Waals surface area contributed by atoms with E-state index in [-0.39, 0.29) is 6.04 Å². The number of thiophene rings is 1. The van der Waals surface area contributed by atoms with E-state index in [1.807, 2.05) is 38.3 Å². The van der Waals surface area contributed by atoms with E-state index in [2.05, 4.69) is 11.2 Å². The molecule has 17 heavy (non-hydrogen) atoms. The maximum Gasteiger partial charge on any atom is 0.408 e. The molecule has 0 aromatic carbocycles. The van der Waals surface area contributed by atoms with Gasteiger partial charge in [0.25, 0.3) is 0 Å². The first-order valence-corrected chi connectivity index (χ1v) is 6.27. The highest BCUT2D eigenvalue weighted by molar-refractivity contribution is 7.09. The summed E-state index contributed by atoms with van der Waals surface area (Å²) in [5.74, 6) is 2.55. The molecule has 0 aliphatic rings. The summed E-state index contributed by atoms with van der Waals surface area (Å²) in [5.41, 5.74) is -0.508. The molecule has 1 aromatic rings. The molecule has 1 heterocycles. The standard InChI is InChI=1S/C13H17NO2S/c1-5-10(9-11-7-6-8-17-11)14-12(15)16-13(2,3)4/h1,6-8,10H,9H2,2-4H3,(H,14,15)/t10-/m1/s1. The molecule has 3 nitrogen and oxygen atoms in total. The van der Waals surface area contributed by atoms with Crippen molar-refractivity contribution in [2.24, 2.45) is 0 Å². The first kappa shape index (κ1) is 13.6. The van der Waals surface area contributed by atoms with Gasteiger partial charge in [-0.15, -0.1) is 17.8 Å². The summed E-state index contributed by atoms with van der Waals surface area (Å²) >= 11 is 1.62. The highest BCUT2D eigenvalue weighted by atomic mass is 32.1. The largest absolute Gasteiger partial charge is 0.444 e. The molecule has 0 bridgehead atoms. The highest BCUT2D eigenvalue weighted by Gasteiger charge is 2.18. The van der Waals surface area contributed by atoms with Crippen LogP contribution in [0.3, 0.4) is 0 Å². The van der Waals surface area contributed by atoms with Gasteiger partial charge in [-0.1, -0.05) is 12.0 Å². The number of rotatable bonds is 3. The van der Waals surface area contributed by atoms with Gasteiger partial charge in [0.15, 0.2) is 0 Å². The van der Waals surface area contributed by atoms with Crippen LogP contribution in [0.5, 0.6) is 0 Å². The van der Waals surface area contributed by atoms with Gasteiger partial charge in [0, 0.05) is 11.3 Å². The Balaban J connectivity index is 2.48. The van der Waals surface area contributed by atoms with Gasteiger partial charge in [0.1, 0.15) is 5.60 Å². The van der Waals surface area contributed by atoms with Crippen molar-refractivity contribution in [2.75, 3.05) is 0 Å². The van der Waals surface area contributed by atoms with Gasteiger partial charge in [-0.3, -0.25) is 0 Å². The molecule has 1 rings (SSSR count). The molecule has 1 N–H and O–H groups in total. The smallest absolute Gasteiger partial charge is 0.408 e. The van der Waals surface area contributed by atoms with Crippen molar-refractivity contribution < 1.29 is 9.53 Å². The van der Waals surface area contributed by atoms with Crippen molar-refractivity contribution >= 4 is 17.4 Å². The molecule has 0 radical (unpaired) electrons. The van der Waals surface area contributed by atoms with Crippen LogP contribution in [0.2, 0.25) is 0 Å². The molecule has 0 aliphatic heterocycles. The van der Waals surface area contributed by atoms with Gasteiger partial charge in [-0.25, -0.2) is 4.79 Å². The average Bonchev–Trinajstić information content (AvgIpc) is 2.66. The van der Waals surface area contributed by atoms with E-state index in [0.29, 0.717) is 6.42 Å². The predicted octanol–water partition coefficient (Wildman–Crippen LogP) is 2.82. The zero-order valence-corrected chi connectivity index (χ0v) is 11.1. The quantitative estimate of drug-likeness (QED) is 0.839. The van der Waals surface area contributed by atoms with Gasteiger partial charge in [0.2, 0.25) is 0 Å². The Morgan fingerprint density at radius 2 is 2.35 bits per heavy atom. The number of carbonyl (C=O) groups excluding carboxylic acids is 1. The van der Waals surface area contributed by atoms with Crippen molar-refractivity contribution in [2.45, 2.75) is 38.8 Å². The van der Waals surface area contributed by atoms with E-state index in [1.165, 1.54) is 0 Å². The molecular weight excluding hydrogens is 234 g/mol. The second-order valence-corrected chi connectivity index (χ2v) is 5.68. The minimum atomic E-state index is -0.508. The average molecular weight is 251 g/mol. The zero-order chi connectivity index (χ0) is 12.9. The van der Waals surface area contributed by atoms with Crippen LogP contribution in [0.25, 0.3) is 0 Å². The minimum absolute atomic E-state index is 0.330. The Kier molecular flexibility index (Phi) is 4.59.